The topological polar surface area (TPSA) is 0 Å². The Balaban J connectivity index is 1.80. The van der Waals surface area contributed by atoms with Gasteiger partial charge < -0.3 is 0 Å². The zero-order chi connectivity index (χ0) is 12.9. The quantitative estimate of drug-likeness (QED) is 0.697. The van der Waals surface area contributed by atoms with E-state index in [2.05, 4.69) is 72.8 Å². The van der Waals surface area contributed by atoms with Crippen LogP contribution in [0.15, 0.2) is 78.4 Å². The average molecular weight is 246 g/mol. The fraction of sp³-hybridized carbons (Fsp3) is 0.158. The van der Waals surface area contributed by atoms with Crippen molar-refractivity contribution in [3.05, 3.63) is 84.0 Å². The van der Waals surface area contributed by atoms with E-state index in [9.17, 15) is 0 Å². The number of hydrogen-bond acceptors (Lipinski definition) is 0. The molecule has 0 fully saturated rings. The Morgan fingerprint density at radius 3 is 2.79 bits per heavy atom. The van der Waals surface area contributed by atoms with Gasteiger partial charge in [-0.15, -0.1) is 0 Å². The summed E-state index contributed by atoms with van der Waals surface area (Å²) < 4.78 is 0. The van der Waals surface area contributed by atoms with Crippen molar-refractivity contribution in [1.82, 2.24) is 0 Å². The molecule has 3 rings (SSSR count). The van der Waals surface area contributed by atoms with E-state index in [-0.39, 0.29) is 0 Å². The molecule has 0 amide bonds. The SMILES string of the molecule is C1=CCCC(/C=C/Cc2cccc3ccccc23)=C1. The number of fused-ring (bicyclic) bond motifs is 1. The molecule has 0 nitrogen and oxygen atoms in total. The molecule has 0 saturated carbocycles. The van der Waals surface area contributed by atoms with Gasteiger partial charge in [-0.3, -0.25) is 0 Å². The molecule has 2 aromatic rings. The fourth-order valence-corrected chi connectivity index (χ4v) is 2.57. The molecule has 0 radical (unpaired) electrons. The van der Waals surface area contributed by atoms with Crippen LogP contribution in [-0.2, 0) is 6.42 Å². The summed E-state index contributed by atoms with van der Waals surface area (Å²) in [5.41, 5.74) is 2.84. The van der Waals surface area contributed by atoms with Crippen LogP contribution < -0.4 is 0 Å². The molecule has 19 heavy (non-hydrogen) atoms. The maximum absolute atomic E-state index is 2.28. The summed E-state index contributed by atoms with van der Waals surface area (Å²) in [6.45, 7) is 0. The second kappa shape index (κ2) is 5.71. The first kappa shape index (κ1) is 12.0. The summed E-state index contributed by atoms with van der Waals surface area (Å²) in [7, 11) is 0. The zero-order valence-electron chi connectivity index (χ0n) is 11.0. The van der Waals surface area contributed by atoms with Crippen LogP contribution in [0.3, 0.4) is 0 Å². The standard InChI is InChI=1S/C19H18/c1-2-8-16(9-3-1)10-6-12-18-14-7-13-17-11-4-5-15-19(17)18/h1-2,4-8,10-11,13-15H,3,9,12H2/b10-6+. The number of allylic oxidation sites excluding steroid dienone is 6. The van der Waals surface area contributed by atoms with Crippen LogP contribution in [0.5, 0.6) is 0 Å². The van der Waals surface area contributed by atoms with Crippen molar-refractivity contribution in [3.8, 4) is 0 Å². The molecular weight excluding hydrogens is 228 g/mol. The van der Waals surface area contributed by atoms with E-state index in [1.165, 1.54) is 34.8 Å². The van der Waals surface area contributed by atoms with E-state index in [0.717, 1.165) is 6.42 Å². The molecule has 0 saturated heterocycles. The highest BCUT2D eigenvalue weighted by molar-refractivity contribution is 5.85. The first-order chi connectivity index (χ1) is 9.43. The van der Waals surface area contributed by atoms with Crippen molar-refractivity contribution in [2.45, 2.75) is 19.3 Å². The van der Waals surface area contributed by atoms with Crippen LogP contribution >= 0.6 is 0 Å². The van der Waals surface area contributed by atoms with Gasteiger partial charge in [0.15, 0.2) is 0 Å². The lowest BCUT2D eigenvalue weighted by Gasteiger charge is -2.05. The molecule has 1 aliphatic rings. The maximum atomic E-state index is 2.28. The summed E-state index contributed by atoms with van der Waals surface area (Å²) in [5.74, 6) is 0. The van der Waals surface area contributed by atoms with Gasteiger partial charge in [-0.25, -0.2) is 0 Å². The van der Waals surface area contributed by atoms with Crippen LogP contribution in [0.25, 0.3) is 10.8 Å². The normalized spacial score (nSPS) is 15.1. The van der Waals surface area contributed by atoms with Crippen molar-refractivity contribution in [2.75, 3.05) is 0 Å². The smallest absolute Gasteiger partial charge is 0.00881 e. The minimum Gasteiger partial charge on any atom is -0.0842 e. The van der Waals surface area contributed by atoms with E-state index in [1.54, 1.807) is 0 Å². The van der Waals surface area contributed by atoms with Crippen LogP contribution in [0.2, 0.25) is 0 Å². The summed E-state index contributed by atoms with van der Waals surface area (Å²) in [6.07, 6.45) is 14.5. The van der Waals surface area contributed by atoms with Crippen molar-refractivity contribution in [3.63, 3.8) is 0 Å². The first-order valence-electron chi connectivity index (χ1n) is 6.92. The van der Waals surface area contributed by atoms with Gasteiger partial charge in [0.05, 0.1) is 0 Å². The average Bonchev–Trinajstić information content (AvgIpc) is 2.49. The second-order valence-corrected chi connectivity index (χ2v) is 4.95. The van der Waals surface area contributed by atoms with Gasteiger partial charge in [-0.05, 0) is 41.2 Å². The molecule has 0 atom stereocenters. The van der Waals surface area contributed by atoms with E-state index < -0.39 is 0 Å². The second-order valence-electron chi connectivity index (χ2n) is 4.95. The molecule has 0 unspecified atom stereocenters. The van der Waals surface area contributed by atoms with Gasteiger partial charge in [0.25, 0.3) is 0 Å². The molecular formula is C19H18. The highest BCUT2D eigenvalue weighted by Crippen LogP contribution is 2.20. The van der Waals surface area contributed by atoms with Gasteiger partial charge in [0.1, 0.15) is 0 Å². The van der Waals surface area contributed by atoms with Gasteiger partial charge in [-0.1, -0.05) is 72.8 Å². The van der Waals surface area contributed by atoms with Crippen LogP contribution in [0.1, 0.15) is 18.4 Å². The van der Waals surface area contributed by atoms with Crippen molar-refractivity contribution < 1.29 is 0 Å². The predicted octanol–water partition coefficient (Wildman–Crippen LogP) is 5.21. The third-order valence-corrected chi connectivity index (χ3v) is 3.60. The van der Waals surface area contributed by atoms with E-state index in [4.69, 9.17) is 0 Å². The van der Waals surface area contributed by atoms with Gasteiger partial charge in [0.2, 0.25) is 0 Å². The third-order valence-electron chi connectivity index (χ3n) is 3.60. The van der Waals surface area contributed by atoms with Crippen LogP contribution in [0.4, 0.5) is 0 Å². The van der Waals surface area contributed by atoms with E-state index in [0.29, 0.717) is 0 Å². The molecule has 0 heteroatoms. The third kappa shape index (κ3) is 2.85. The summed E-state index contributed by atoms with van der Waals surface area (Å²) >= 11 is 0. The number of hydrogen-bond donors (Lipinski definition) is 0. The van der Waals surface area contributed by atoms with Gasteiger partial charge >= 0.3 is 0 Å². The van der Waals surface area contributed by atoms with Crippen LogP contribution in [-0.4, -0.2) is 0 Å². The summed E-state index contributed by atoms with van der Waals surface area (Å²) in [4.78, 5) is 0. The molecule has 2 aromatic carbocycles. The highest BCUT2D eigenvalue weighted by Gasteiger charge is 1.98. The Labute approximate surface area is 114 Å². The molecule has 94 valence electrons. The van der Waals surface area contributed by atoms with Gasteiger partial charge in [-0.2, -0.15) is 0 Å². The minimum atomic E-state index is 1.00. The van der Waals surface area contributed by atoms with E-state index >= 15 is 0 Å². The molecule has 0 spiro atoms. The molecule has 0 aliphatic heterocycles. The van der Waals surface area contributed by atoms with Crippen molar-refractivity contribution in [1.29, 1.82) is 0 Å². The number of benzene rings is 2. The zero-order valence-corrected chi connectivity index (χ0v) is 11.0. The fourth-order valence-electron chi connectivity index (χ4n) is 2.57. The van der Waals surface area contributed by atoms with Gasteiger partial charge in [0, 0.05) is 0 Å². The molecule has 0 heterocycles. The largest absolute Gasteiger partial charge is 0.0842 e. The lowest BCUT2D eigenvalue weighted by Crippen LogP contribution is -1.86. The number of rotatable bonds is 3. The maximum Gasteiger partial charge on any atom is -0.00881 e. The molecule has 0 bridgehead atoms. The van der Waals surface area contributed by atoms with Crippen LogP contribution in [0, 0.1) is 0 Å². The molecule has 0 N–H and O–H groups in total. The predicted molar refractivity (Wildman–Crippen MR) is 83.2 cm³/mol. The Morgan fingerprint density at radius 1 is 1.00 bits per heavy atom. The lowest BCUT2D eigenvalue weighted by molar-refractivity contribution is 0.988. The Hall–Kier alpha value is -2.08. The molecule has 1 aliphatic carbocycles. The van der Waals surface area contributed by atoms with Crippen molar-refractivity contribution in [2.24, 2.45) is 0 Å². The highest BCUT2D eigenvalue weighted by atomic mass is 14.0. The Morgan fingerprint density at radius 2 is 1.89 bits per heavy atom. The first-order valence-corrected chi connectivity index (χ1v) is 6.92. The minimum absolute atomic E-state index is 1.00. The summed E-state index contributed by atoms with van der Waals surface area (Å²) in [5, 5.41) is 2.69. The van der Waals surface area contributed by atoms with Crippen molar-refractivity contribution >= 4 is 10.8 Å². The van der Waals surface area contributed by atoms with E-state index in [1.807, 2.05) is 0 Å². The monoisotopic (exact) mass is 246 g/mol. The molecule has 0 aromatic heterocycles. The Bertz CT molecular complexity index is 651. The lowest BCUT2D eigenvalue weighted by atomic mass is 10.0. The summed E-state index contributed by atoms with van der Waals surface area (Å²) in [6, 6.07) is 15.1. The Kier molecular flexibility index (Phi) is 3.60.